The van der Waals surface area contributed by atoms with Crippen molar-refractivity contribution in [3.8, 4) is 17.6 Å². The average Bonchev–Trinajstić information content (AvgIpc) is 3.22. The Kier molecular flexibility index (Phi) is 5.94. The molecule has 0 spiro atoms. The van der Waals surface area contributed by atoms with Crippen LogP contribution in [0.1, 0.15) is 17.5 Å². The van der Waals surface area contributed by atoms with Crippen molar-refractivity contribution in [2.45, 2.75) is 13.0 Å². The molecule has 0 aliphatic carbocycles. The molecule has 2 aliphatic heterocycles. The van der Waals surface area contributed by atoms with E-state index in [-0.39, 0.29) is 5.91 Å². The third kappa shape index (κ3) is 5.05. The number of nitrogens with zero attached hydrogens (tertiary/aromatic N) is 3. The zero-order chi connectivity index (χ0) is 20.1. The largest absolute Gasteiger partial charge is 0.454 e. The Balaban J connectivity index is 1.18. The first kappa shape index (κ1) is 19.2. The molecule has 2 aromatic carbocycles. The molecule has 4 rings (SSSR count). The maximum atomic E-state index is 12.2. The molecule has 7 nitrogen and oxygen atoms in total. The van der Waals surface area contributed by atoms with Crippen LogP contribution in [0.25, 0.3) is 0 Å². The van der Waals surface area contributed by atoms with Crippen molar-refractivity contribution in [3.05, 3.63) is 53.6 Å². The molecular formula is C22H24N4O3. The molecular weight excluding hydrogens is 368 g/mol. The normalized spacial score (nSPS) is 16.4. The summed E-state index contributed by atoms with van der Waals surface area (Å²) in [6.45, 7) is 5.81. The predicted molar refractivity (Wildman–Crippen MR) is 109 cm³/mol. The van der Waals surface area contributed by atoms with Crippen LogP contribution in [0, 0.1) is 11.3 Å². The smallest absolute Gasteiger partial charge is 0.231 e. The van der Waals surface area contributed by atoms with Crippen LogP contribution in [0.4, 0.5) is 5.69 Å². The maximum Gasteiger partial charge on any atom is 0.231 e. The highest BCUT2D eigenvalue weighted by molar-refractivity contribution is 5.90. The lowest BCUT2D eigenvalue weighted by Crippen LogP contribution is -2.46. The predicted octanol–water partition coefficient (Wildman–Crippen LogP) is 2.43. The summed E-state index contributed by atoms with van der Waals surface area (Å²) >= 11 is 0. The molecule has 0 aromatic heterocycles. The van der Waals surface area contributed by atoms with Crippen molar-refractivity contribution in [2.24, 2.45) is 0 Å². The maximum absolute atomic E-state index is 12.2. The van der Waals surface area contributed by atoms with Gasteiger partial charge in [-0.1, -0.05) is 6.07 Å². The van der Waals surface area contributed by atoms with Crippen molar-refractivity contribution < 1.29 is 14.3 Å². The standard InChI is InChI=1S/C22H24N4O3/c23-14-17-1-4-19(5-2-17)24-22(27)7-8-25-9-11-26(12-10-25)15-18-3-6-20-21(13-18)29-16-28-20/h1-6,13H,7-12,15-16H2,(H,24,27). The second-order valence-electron chi connectivity index (χ2n) is 7.29. The van der Waals surface area contributed by atoms with Crippen molar-refractivity contribution >= 4 is 11.6 Å². The molecule has 29 heavy (non-hydrogen) atoms. The Bertz CT molecular complexity index is 899. The van der Waals surface area contributed by atoms with Gasteiger partial charge in [-0.3, -0.25) is 9.69 Å². The molecule has 0 atom stereocenters. The molecule has 2 aliphatic rings. The summed E-state index contributed by atoms with van der Waals surface area (Å²) in [4.78, 5) is 16.9. The van der Waals surface area contributed by atoms with E-state index in [0.717, 1.165) is 56.5 Å². The number of piperazine rings is 1. The summed E-state index contributed by atoms with van der Waals surface area (Å²) in [6.07, 6.45) is 0.460. The van der Waals surface area contributed by atoms with Gasteiger partial charge in [-0.15, -0.1) is 0 Å². The molecule has 0 bridgehead atoms. The van der Waals surface area contributed by atoms with Crippen LogP contribution in [0.3, 0.4) is 0 Å². The minimum absolute atomic E-state index is 0.00232. The number of carbonyl (C=O) groups excluding carboxylic acids is 1. The summed E-state index contributed by atoms with van der Waals surface area (Å²) in [7, 11) is 0. The van der Waals surface area contributed by atoms with Crippen LogP contribution in [-0.4, -0.2) is 55.2 Å². The summed E-state index contributed by atoms with van der Waals surface area (Å²) in [5.41, 5.74) is 2.54. The molecule has 0 radical (unpaired) electrons. The molecule has 1 saturated heterocycles. The number of hydrogen-bond acceptors (Lipinski definition) is 6. The van der Waals surface area contributed by atoms with E-state index in [1.807, 2.05) is 6.07 Å². The Morgan fingerprint density at radius 3 is 2.48 bits per heavy atom. The van der Waals surface area contributed by atoms with Gasteiger partial charge in [-0.05, 0) is 42.0 Å². The summed E-state index contributed by atoms with van der Waals surface area (Å²) in [5, 5.41) is 11.7. The minimum Gasteiger partial charge on any atom is -0.454 e. The summed E-state index contributed by atoms with van der Waals surface area (Å²) in [6, 6.07) is 15.1. The fourth-order valence-corrected chi connectivity index (χ4v) is 3.58. The van der Waals surface area contributed by atoms with Gasteiger partial charge < -0.3 is 19.7 Å². The van der Waals surface area contributed by atoms with E-state index in [2.05, 4.69) is 33.3 Å². The fourth-order valence-electron chi connectivity index (χ4n) is 3.58. The Morgan fingerprint density at radius 1 is 1.00 bits per heavy atom. The number of nitrogens with one attached hydrogen (secondary N) is 1. The number of rotatable bonds is 6. The second kappa shape index (κ2) is 8.95. The second-order valence-corrected chi connectivity index (χ2v) is 7.29. The molecule has 2 heterocycles. The van der Waals surface area contributed by atoms with Crippen molar-refractivity contribution in [1.29, 1.82) is 5.26 Å². The van der Waals surface area contributed by atoms with Crippen molar-refractivity contribution in [3.63, 3.8) is 0 Å². The third-order valence-electron chi connectivity index (χ3n) is 5.26. The van der Waals surface area contributed by atoms with Gasteiger partial charge in [0.1, 0.15) is 0 Å². The third-order valence-corrected chi connectivity index (χ3v) is 5.26. The van der Waals surface area contributed by atoms with Gasteiger partial charge in [0.25, 0.3) is 0 Å². The lowest BCUT2D eigenvalue weighted by Gasteiger charge is -2.34. The molecule has 2 aromatic rings. The molecule has 1 N–H and O–H groups in total. The van der Waals surface area contributed by atoms with E-state index in [4.69, 9.17) is 14.7 Å². The molecule has 1 fully saturated rings. The van der Waals surface area contributed by atoms with E-state index < -0.39 is 0 Å². The van der Waals surface area contributed by atoms with Gasteiger partial charge in [0.05, 0.1) is 11.6 Å². The number of nitriles is 1. The first-order chi connectivity index (χ1) is 14.2. The van der Waals surface area contributed by atoms with Crippen LogP contribution in [0.15, 0.2) is 42.5 Å². The van der Waals surface area contributed by atoms with Crippen LogP contribution in [-0.2, 0) is 11.3 Å². The highest BCUT2D eigenvalue weighted by Gasteiger charge is 2.19. The first-order valence-electron chi connectivity index (χ1n) is 9.83. The number of benzene rings is 2. The summed E-state index contributed by atoms with van der Waals surface area (Å²) in [5.74, 6) is 1.64. The lowest BCUT2D eigenvalue weighted by atomic mass is 10.1. The van der Waals surface area contributed by atoms with Gasteiger partial charge in [-0.2, -0.15) is 5.26 Å². The van der Waals surface area contributed by atoms with Crippen LogP contribution in [0.5, 0.6) is 11.5 Å². The number of ether oxygens (including phenoxy) is 2. The van der Waals surface area contributed by atoms with E-state index in [0.29, 0.717) is 18.8 Å². The van der Waals surface area contributed by atoms with E-state index in [1.165, 1.54) is 5.56 Å². The number of fused-ring (bicyclic) bond motifs is 1. The lowest BCUT2D eigenvalue weighted by molar-refractivity contribution is -0.116. The SMILES string of the molecule is N#Cc1ccc(NC(=O)CCN2CCN(Cc3ccc4c(c3)OCO4)CC2)cc1. The van der Waals surface area contributed by atoms with E-state index in [1.54, 1.807) is 24.3 Å². The van der Waals surface area contributed by atoms with E-state index in [9.17, 15) is 4.79 Å². The molecule has 7 heteroatoms. The van der Waals surface area contributed by atoms with Crippen molar-refractivity contribution in [2.75, 3.05) is 44.8 Å². The van der Waals surface area contributed by atoms with Crippen LogP contribution < -0.4 is 14.8 Å². The monoisotopic (exact) mass is 392 g/mol. The average molecular weight is 392 g/mol. The molecule has 0 unspecified atom stereocenters. The van der Waals surface area contributed by atoms with Gasteiger partial charge in [-0.25, -0.2) is 0 Å². The Labute approximate surface area is 170 Å². The van der Waals surface area contributed by atoms with Gasteiger partial charge in [0.15, 0.2) is 11.5 Å². The minimum atomic E-state index is -0.00232. The number of carbonyl (C=O) groups is 1. The zero-order valence-electron chi connectivity index (χ0n) is 16.3. The Hall–Kier alpha value is -3.08. The van der Waals surface area contributed by atoms with E-state index >= 15 is 0 Å². The van der Waals surface area contributed by atoms with Crippen LogP contribution >= 0.6 is 0 Å². The highest BCUT2D eigenvalue weighted by atomic mass is 16.7. The number of amides is 1. The molecule has 150 valence electrons. The fraction of sp³-hybridized carbons (Fsp3) is 0.364. The number of hydrogen-bond donors (Lipinski definition) is 1. The first-order valence-corrected chi connectivity index (χ1v) is 9.83. The molecule has 1 amide bonds. The molecule has 0 saturated carbocycles. The zero-order valence-corrected chi connectivity index (χ0v) is 16.3. The quantitative estimate of drug-likeness (QED) is 0.814. The summed E-state index contributed by atoms with van der Waals surface area (Å²) < 4.78 is 10.8. The Morgan fingerprint density at radius 2 is 1.72 bits per heavy atom. The van der Waals surface area contributed by atoms with Gasteiger partial charge >= 0.3 is 0 Å². The number of anilines is 1. The van der Waals surface area contributed by atoms with Crippen molar-refractivity contribution in [1.82, 2.24) is 9.80 Å². The highest BCUT2D eigenvalue weighted by Crippen LogP contribution is 2.32. The van der Waals surface area contributed by atoms with Gasteiger partial charge in [0.2, 0.25) is 12.7 Å². The van der Waals surface area contributed by atoms with Gasteiger partial charge in [0, 0.05) is 51.4 Å². The van der Waals surface area contributed by atoms with Crippen LogP contribution in [0.2, 0.25) is 0 Å². The topological polar surface area (TPSA) is 77.8 Å².